The number of methoxy groups -OCH3 is 2. The molecule has 0 fully saturated rings. The molecule has 3 aromatic rings. The summed E-state index contributed by atoms with van der Waals surface area (Å²) in [6.45, 7) is 4.73. The van der Waals surface area contributed by atoms with E-state index in [1.807, 2.05) is 17.6 Å². The van der Waals surface area contributed by atoms with E-state index < -0.39 is 0 Å². The molecule has 0 aliphatic carbocycles. The number of fused-ring (bicyclic) bond motifs is 1. The number of benzene rings is 2. The topological polar surface area (TPSA) is 79.1 Å². The van der Waals surface area contributed by atoms with Crippen LogP contribution in [0, 0.1) is 0 Å². The number of esters is 1. The summed E-state index contributed by atoms with van der Waals surface area (Å²) in [6.07, 6.45) is 0.110. The standard InChI is InChI=1S/C22H24N2O5S/c1-5-24-17-10-8-15(21(26)29-6-2)11-19(17)30-22(24)23-20(25)12-14-7-9-16(27-3)13-18(14)28-4/h7-11,13H,5-6,12H2,1-4H3. The molecule has 1 aromatic heterocycles. The van der Waals surface area contributed by atoms with E-state index in [9.17, 15) is 9.59 Å². The summed E-state index contributed by atoms with van der Waals surface area (Å²) in [5, 5.41) is 0. The molecule has 2 aromatic carbocycles. The Morgan fingerprint density at radius 2 is 1.87 bits per heavy atom. The first-order valence-corrected chi connectivity index (χ1v) is 10.4. The molecule has 1 heterocycles. The van der Waals surface area contributed by atoms with Gasteiger partial charge >= 0.3 is 5.97 Å². The normalized spacial score (nSPS) is 11.5. The summed E-state index contributed by atoms with van der Waals surface area (Å²) in [7, 11) is 3.13. The molecule has 0 aliphatic rings. The van der Waals surface area contributed by atoms with Gasteiger partial charge in [0.1, 0.15) is 11.5 Å². The molecule has 0 bridgehead atoms. The van der Waals surface area contributed by atoms with Crippen LogP contribution >= 0.6 is 11.3 Å². The minimum Gasteiger partial charge on any atom is -0.497 e. The van der Waals surface area contributed by atoms with Crippen molar-refractivity contribution in [1.29, 1.82) is 0 Å². The van der Waals surface area contributed by atoms with Crippen molar-refractivity contribution in [2.45, 2.75) is 26.8 Å². The largest absolute Gasteiger partial charge is 0.497 e. The Balaban J connectivity index is 1.95. The summed E-state index contributed by atoms with van der Waals surface area (Å²) in [6, 6.07) is 10.7. The minimum absolute atomic E-state index is 0.110. The molecule has 3 rings (SSSR count). The number of rotatable bonds is 7. The fourth-order valence-corrected chi connectivity index (χ4v) is 4.26. The van der Waals surface area contributed by atoms with Crippen molar-refractivity contribution >= 4 is 33.4 Å². The lowest BCUT2D eigenvalue weighted by Crippen LogP contribution is -2.16. The zero-order valence-electron chi connectivity index (χ0n) is 17.4. The highest BCUT2D eigenvalue weighted by Gasteiger charge is 2.13. The van der Waals surface area contributed by atoms with Crippen LogP contribution in [0.1, 0.15) is 29.8 Å². The molecule has 0 radical (unpaired) electrons. The lowest BCUT2D eigenvalue weighted by Gasteiger charge is -2.08. The molecule has 0 N–H and O–H groups in total. The first kappa shape index (κ1) is 21.6. The average molecular weight is 429 g/mol. The van der Waals surface area contributed by atoms with Crippen LogP contribution in [0.2, 0.25) is 0 Å². The second-order valence-corrected chi connectivity index (χ2v) is 7.40. The first-order valence-electron chi connectivity index (χ1n) is 9.59. The summed E-state index contributed by atoms with van der Waals surface area (Å²) in [5.41, 5.74) is 2.14. The molecule has 0 unspecified atom stereocenters. The summed E-state index contributed by atoms with van der Waals surface area (Å²) >= 11 is 1.37. The van der Waals surface area contributed by atoms with Gasteiger partial charge in [0, 0.05) is 18.2 Å². The van der Waals surface area contributed by atoms with Crippen LogP contribution in [0.25, 0.3) is 10.2 Å². The highest BCUT2D eigenvalue weighted by Crippen LogP contribution is 2.25. The number of aryl methyl sites for hydroxylation is 1. The summed E-state index contributed by atoms with van der Waals surface area (Å²) in [5.74, 6) is 0.595. The van der Waals surface area contributed by atoms with Crippen molar-refractivity contribution in [1.82, 2.24) is 4.57 Å². The van der Waals surface area contributed by atoms with Gasteiger partial charge in [0.15, 0.2) is 4.80 Å². The van der Waals surface area contributed by atoms with Crippen LogP contribution in [0.3, 0.4) is 0 Å². The van der Waals surface area contributed by atoms with Crippen molar-refractivity contribution in [2.24, 2.45) is 4.99 Å². The molecular formula is C22H24N2O5S. The molecule has 0 atom stereocenters. The van der Waals surface area contributed by atoms with E-state index in [1.54, 1.807) is 51.5 Å². The van der Waals surface area contributed by atoms with Gasteiger partial charge in [-0.15, -0.1) is 0 Å². The van der Waals surface area contributed by atoms with Gasteiger partial charge in [-0.25, -0.2) is 4.79 Å². The Kier molecular flexibility index (Phi) is 6.89. The van der Waals surface area contributed by atoms with Gasteiger partial charge in [-0.2, -0.15) is 4.99 Å². The number of thiazole rings is 1. The van der Waals surface area contributed by atoms with E-state index in [0.29, 0.717) is 35.0 Å². The molecule has 0 saturated carbocycles. The van der Waals surface area contributed by atoms with E-state index in [0.717, 1.165) is 15.8 Å². The van der Waals surface area contributed by atoms with Crippen LogP contribution in [-0.4, -0.2) is 37.3 Å². The van der Waals surface area contributed by atoms with E-state index in [1.165, 1.54) is 11.3 Å². The van der Waals surface area contributed by atoms with Crippen LogP contribution in [0.4, 0.5) is 0 Å². The predicted octanol–water partition coefficient (Wildman–Crippen LogP) is 3.59. The maximum atomic E-state index is 12.7. The molecular weight excluding hydrogens is 404 g/mol. The van der Waals surface area contributed by atoms with E-state index >= 15 is 0 Å². The van der Waals surface area contributed by atoms with Gasteiger partial charge in [0.2, 0.25) is 0 Å². The van der Waals surface area contributed by atoms with Crippen molar-refractivity contribution < 1.29 is 23.8 Å². The number of carbonyl (C=O) groups excluding carboxylic acids is 2. The number of carbonyl (C=O) groups is 2. The molecule has 8 heteroatoms. The van der Waals surface area contributed by atoms with E-state index in [-0.39, 0.29) is 18.3 Å². The zero-order chi connectivity index (χ0) is 21.7. The lowest BCUT2D eigenvalue weighted by atomic mass is 10.1. The Morgan fingerprint density at radius 3 is 2.53 bits per heavy atom. The smallest absolute Gasteiger partial charge is 0.338 e. The lowest BCUT2D eigenvalue weighted by molar-refractivity contribution is -0.117. The Labute approximate surface area is 178 Å². The van der Waals surface area contributed by atoms with Gasteiger partial charge in [0.25, 0.3) is 5.91 Å². The Hall–Kier alpha value is -3.13. The maximum Gasteiger partial charge on any atom is 0.338 e. The highest BCUT2D eigenvalue weighted by molar-refractivity contribution is 7.16. The van der Waals surface area contributed by atoms with Crippen molar-refractivity contribution in [3.8, 4) is 11.5 Å². The van der Waals surface area contributed by atoms with Crippen LogP contribution in [-0.2, 0) is 22.5 Å². The summed E-state index contributed by atoms with van der Waals surface area (Å²) in [4.78, 5) is 29.6. The second kappa shape index (κ2) is 9.58. The third-order valence-electron chi connectivity index (χ3n) is 4.57. The number of nitrogens with zero attached hydrogens (tertiary/aromatic N) is 2. The van der Waals surface area contributed by atoms with Crippen molar-refractivity contribution in [2.75, 3.05) is 20.8 Å². The van der Waals surface area contributed by atoms with Crippen LogP contribution in [0.15, 0.2) is 41.4 Å². The Morgan fingerprint density at radius 1 is 1.07 bits per heavy atom. The zero-order valence-corrected chi connectivity index (χ0v) is 18.2. The molecule has 0 aliphatic heterocycles. The molecule has 30 heavy (non-hydrogen) atoms. The van der Waals surface area contributed by atoms with Gasteiger partial charge in [-0.1, -0.05) is 17.4 Å². The number of aromatic nitrogens is 1. The molecule has 0 saturated heterocycles. The maximum absolute atomic E-state index is 12.7. The van der Waals surface area contributed by atoms with Gasteiger partial charge in [-0.05, 0) is 38.1 Å². The number of amides is 1. The quantitative estimate of drug-likeness (QED) is 0.538. The van der Waals surface area contributed by atoms with E-state index in [2.05, 4.69) is 4.99 Å². The first-order chi connectivity index (χ1) is 14.5. The fourth-order valence-electron chi connectivity index (χ4n) is 3.11. The molecule has 1 amide bonds. The predicted molar refractivity (Wildman–Crippen MR) is 115 cm³/mol. The third kappa shape index (κ3) is 4.54. The fraction of sp³-hybridized carbons (Fsp3) is 0.318. The van der Waals surface area contributed by atoms with Gasteiger partial charge in [0.05, 0.1) is 43.0 Å². The summed E-state index contributed by atoms with van der Waals surface area (Å²) < 4.78 is 18.5. The molecule has 7 nitrogen and oxygen atoms in total. The van der Waals surface area contributed by atoms with E-state index in [4.69, 9.17) is 14.2 Å². The third-order valence-corrected chi connectivity index (χ3v) is 5.61. The highest BCUT2D eigenvalue weighted by atomic mass is 32.1. The second-order valence-electron chi connectivity index (χ2n) is 6.39. The number of hydrogen-bond donors (Lipinski definition) is 0. The van der Waals surface area contributed by atoms with Crippen molar-refractivity contribution in [3.05, 3.63) is 52.3 Å². The number of hydrogen-bond acceptors (Lipinski definition) is 6. The average Bonchev–Trinajstić information content (AvgIpc) is 3.09. The minimum atomic E-state index is -0.364. The monoisotopic (exact) mass is 428 g/mol. The van der Waals surface area contributed by atoms with Gasteiger partial charge < -0.3 is 18.8 Å². The van der Waals surface area contributed by atoms with Crippen molar-refractivity contribution in [3.63, 3.8) is 0 Å². The Bertz CT molecular complexity index is 1150. The molecule has 0 spiro atoms. The number of ether oxygens (including phenoxy) is 3. The van der Waals surface area contributed by atoms with Crippen LogP contribution < -0.4 is 14.3 Å². The van der Waals surface area contributed by atoms with Crippen LogP contribution in [0.5, 0.6) is 11.5 Å². The van der Waals surface area contributed by atoms with Gasteiger partial charge in [-0.3, -0.25) is 4.79 Å². The molecule has 158 valence electrons. The SMILES string of the molecule is CCOC(=O)c1ccc2c(c1)sc(=NC(=O)Cc1ccc(OC)cc1OC)n2CC.